The van der Waals surface area contributed by atoms with Crippen LogP contribution < -0.4 is 4.90 Å². The van der Waals surface area contributed by atoms with Gasteiger partial charge in [0.15, 0.2) is 0 Å². The largest absolute Gasteiger partial charge is 0.279 e. The van der Waals surface area contributed by atoms with Crippen LogP contribution in [0.1, 0.15) is 27.7 Å². The summed E-state index contributed by atoms with van der Waals surface area (Å²) in [5.41, 5.74) is 3.14. The molecule has 0 saturated carbocycles. The molecule has 5 rings (SSSR count). The third-order valence-electron chi connectivity index (χ3n) is 5.20. The highest BCUT2D eigenvalue weighted by atomic mass is 35.5. The Morgan fingerprint density at radius 3 is 2.42 bits per heavy atom. The fourth-order valence-corrected chi connectivity index (χ4v) is 3.93. The van der Waals surface area contributed by atoms with Gasteiger partial charge < -0.3 is 0 Å². The first-order valence-electron chi connectivity index (χ1n) is 9.38. The van der Waals surface area contributed by atoms with Crippen LogP contribution in [0.4, 0.5) is 11.5 Å². The van der Waals surface area contributed by atoms with Gasteiger partial charge in [-0.15, -0.1) is 0 Å². The van der Waals surface area contributed by atoms with Crippen LogP contribution in [0.2, 0.25) is 5.02 Å². The van der Waals surface area contributed by atoms with E-state index < -0.39 is 11.0 Å². The molecule has 4 aromatic rings. The van der Waals surface area contributed by atoms with E-state index in [9.17, 15) is 14.9 Å². The summed E-state index contributed by atoms with van der Waals surface area (Å²) in [7, 11) is 0. The Labute approximate surface area is 181 Å². The number of carbonyl (C=O) groups is 1. The van der Waals surface area contributed by atoms with Gasteiger partial charge in [-0.2, -0.15) is 5.10 Å². The van der Waals surface area contributed by atoms with E-state index >= 15 is 0 Å². The van der Waals surface area contributed by atoms with Gasteiger partial charge in [0.1, 0.15) is 11.5 Å². The van der Waals surface area contributed by atoms with Gasteiger partial charge in [0.25, 0.3) is 11.6 Å². The van der Waals surface area contributed by atoms with Gasteiger partial charge in [-0.1, -0.05) is 29.8 Å². The number of amides is 1. The minimum Gasteiger partial charge on any atom is -0.279 e. The maximum Gasteiger partial charge on any atom is 0.278 e. The fourth-order valence-electron chi connectivity index (χ4n) is 3.80. The highest BCUT2D eigenvalue weighted by Crippen LogP contribution is 2.44. The Bertz CT molecular complexity index is 1290. The minimum atomic E-state index is -0.553. The zero-order valence-corrected chi connectivity index (χ0v) is 16.7. The van der Waals surface area contributed by atoms with Crippen LogP contribution >= 0.6 is 11.6 Å². The van der Waals surface area contributed by atoms with E-state index in [1.807, 2.05) is 12.1 Å². The Morgan fingerprint density at radius 1 is 1.03 bits per heavy atom. The molecule has 2 aromatic carbocycles. The summed E-state index contributed by atoms with van der Waals surface area (Å²) in [6, 6.07) is 18.1. The van der Waals surface area contributed by atoms with Crippen molar-refractivity contribution < 1.29 is 9.72 Å². The average molecular weight is 432 g/mol. The van der Waals surface area contributed by atoms with Crippen LogP contribution in [0.25, 0.3) is 11.3 Å². The van der Waals surface area contributed by atoms with Crippen molar-refractivity contribution in [2.45, 2.75) is 6.04 Å². The number of nitrogens with zero attached hydrogens (tertiary/aromatic N) is 4. The average Bonchev–Trinajstić information content (AvgIpc) is 3.34. The molecule has 0 aliphatic carbocycles. The predicted octanol–water partition coefficient (Wildman–Crippen LogP) is 4.78. The molecule has 152 valence electrons. The lowest BCUT2D eigenvalue weighted by molar-refractivity contribution is -0.384. The molecule has 9 heteroatoms. The van der Waals surface area contributed by atoms with Gasteiger partial charge >= 0.3 is 0 Å². The van der Waals surface area contributed by atoms with E-state index in [-0.39, 0.29) is 11.6 Å². The number of nitro groups is 1. The number of anilines is 1. The van der Waals surface area contributed by atoms with Crippen molar-refractivity contribution >= 4 is 29.0 Å². The summed E-state index contributed by atoms with van der Waals surface area (Å²) in [5, 5.41) is 19.0. The molecule has 0 bridgehead atoms. The standard InChI is InChI=1S/C22H14ClN5O3/c23-15-8-4-13(5-9-15)19-18-20(26-25-19)22(29)27(17-3-1-2-12-24-17)21(18)14-6-10-16(11-7-14)28(30)31/h1-12,21H,(H,25,26)/t21-/m0/s1. The molecule has 8 nitrogen and oxygen atoms in total. The molecule has 1 N–H and O–H groups in total. The summed E-state index contributed by atoms with van der Waals surface area (Å²) in [4.78, 5) is 29.9. The van der Waals surface area contributed by atoms with E-state index in [2.05, 4.69) is 15.2 Å². The number of benzene rings is 2. The molecule has 1 atom stereocenters. The number of nitrogens with one attached hydrogen (secondary N) is 1. The van der Waals surface area contributed by atoms with E-state index in [4.69, 9.17) is 11.6 Å². The van der Waals surface area contributed by atoms with Crippen molar-refractivity contribution in [3.63, 3.8) is 0 Å². The number of halogens is 1. The highest BCUT2D eigenvalue weighted by Gasteiger charge is 2.43. The maximum absolute atomic E-state index is 13.3. The monoisotopic (exact) mass is 431 g/mol. The Morgan fingerprint density at radius 2 is 1.77 bits per heavy atom. The fraction of sp³-hybridized carbons (Fsp3) is 0.0455. The van der Waals surface area contributed by atoms with Crippen molar-refractivity contribution in [2.24, 2.45) is 0 Å². The second-order valence-electron chi connectivity index (χ2n) is 6.98. The van der Waals surface area contributed by atoms with Gasteiger partial charge in [-0.25, -0.2) is 4.98 Å². The number of hydrogen-bond donors (Lipinski definition) is 1. The number of H-pyrrole nitrogens is 1. The summed E-state index contributed by atoms with van der Waals surface area (Å²) >= 11 is 6.03. The second kappa shape index (κ2) is 7.33. The molecule has 0 radical (unpaired) electrons. The number of non-ortho nitro benzene ring substituents is 1. The van der Waals surface area contributed by atoms with Crippen LogP contribution in [0.5, 0.6) is 0 Å². The van der Waals surface area contributed by atoms with Crippen LogP contribution in [-0.2, 0) is 0 Å². The van der Waals surface area contributed by atoms with E-state index in [0.717, 1.165) is 5.56 Å². The summed E-state index contributed by atoms with van der Waals surface area (Å²) in [6.07, 6.45) is 1.61. The molecule has 2 aromatic heterocycles. The number of aromatic nitrogens is 3. The number of hydrogen-bond acceptors (Lipinski definition) is 5. The minimum absolute atomic E-state index is 0.0252. The van der Waals surface area contributed by atoms with Crippen molar-refractivity contribution in [2.75, 3.05) is 4.90 Å². The third kappa shape index (κ3) is 3.13. The Balaban J connectivity index is 1.70. The van der Waals surface area contributed by atoms with Crippen molar-refractivity contribution in [3.8, 4) is 11.3 Å². The summed E-state index contributed by atoms with van der Waals surface area (Å²) in [5.74, 6) is 0.201. The summed E-state index contributed by atoms with van der Waals surface area (Å²) in [6.45, 7) is 0. The van der Waals surface area contributed by atoms with Crippen molar-refractivity contribution in [3.05, 3.63) is 105 Å². The molecule has 0 unspecified atom stereocenters. The molecule has 1 aliphatic heterocycles. The van der Waals surface area contributed by atoms with Gasteiger partial charge in [0.05, 0.1) is 16.7 Å². The zero-order chi connectivity index (χ0) is 21.5. The molecule has 0 fully saturated rings. The molecule has 0 spiro atoms. The molecular weight excluding hydrogens is 418 g/mol. The molecule has 0 saturated heterocycles. The van der Waals surface area contributed by atoms with Gasteiger partial charge in [0, 0.05) is 34.5 Å². The number of aromatic amines is 1. The quantitative estimate of drug-likeness (QED) is 0.369. The second-order valence-corrected chi connectivity index (χ2v) is 7.42. The number of nitro benzene ring substituents is 1. The lowest BCUT2D eigenvalue weighted by atomic mass is 9.96. The SMILES string of the molecule is O=C1c2[nH]nc(-c3ccc(Cl)cc3)c2[C@H](c2ccc([N+](=O)[O-])cc2)N1c1ccccn1. The lowest BCUT2D eigenvalue weighted by Gasteiger charge is -2.25. The first-order valence-corrected chi connectivity index (χ1v) is 9.75. The predicted molar refractivity (Wildman–Crippen MR) is 115 cm³/mol. The van der Waals surface area contributed by atoms with Crippen LogP contribution in [0.15, 0.2) is 72.9 Å². The molecule has 1 aliphatic rings. The zero-order valence-electron chi connectivity index (χ0n) is 15.9. The van der Waals surface area contributed by atoms with E-state index in [1.165, 1.54) is 12.1 Å². The number of carbonyl (C=O) groups excluding carboxylic acids is 1. The summed E-state index contributed by atoms with van der Waals surface area (Å²) < 4.78 is 0. The molecule has 3 heterocycles. The number of pyridine rings is 1. The van der Waals surface area contributed by atoms with E-state index in [1.54, 1.807) is 53.6 Å². The van der Waals surface area contributed by atoms with Crippen LogP contribution in [0, 0.1) is 10.1 Å². The van der Waals surface area contributed by atoms with Crippen LogP contribution in [-0.4, -0.2) is 26.0 Å². The van der Waals surface area contributed by atoms with Crippen molar-refractivity contribution in [1.82, 2.24) is 15.2 Å². The highest BCUT2D eigenvalue weighted by molar-refractivity contribution is 6.30. The molecular formula is C22H14ClN5O3. The first-order chi connectivity index (χ1) is 15.0. The van der Waals surface area contributed by atoms with Gasteiger partial charge in [-0.05, 0) is 42.0 Å². The first kappa shape index (κ1) is 19.0. The molecule has 31 heavy (non-hydrogen) atoms. The number of rotatable bonds is 4. The van der Waals surface area contributed by atoms with E-state index in [0.29, 0.717) is 33.4 Å². The topological polar surface area (TPSA) is 105 Å². The normalized spacial score (nSPS) is 15.2. The Hall–Kier alpha value is -4.04. The maximum atomic E-state index is 13.3. The smallest absolute Gasteiger partial charge is 0.278 e. The van der Waals surface area contributed by atoms with Crippen LogP contribution in [0.3, 0.4) is 0 Å². The molecule has 1 amide bonds. The van der Waals surface area contributed by atoms with Crippen molar-refractivity contribution in [1.29, 1.82) is 0 Å². The third-order valence-corrected chi connectivity index (χ3v) is 5.45. The van der Waals surface area contributed by atoms with Gasteiger partial charge in [-0.3, -0.25) is 24.9 Å². The van der Waals surface area contributed by atoms with Gasteiger partial charge in [0.2, 0.25) is 0 Å². The number of fused-ring (bicyclic) bond motifs is 1. The lowest BCUT2D eigenvalue weighted by Crippen LogP contribution is -2.30. The Kier molecular flexibility index (Phi) is 4.48.